The Labute approximate surface area is 83.9 Å². The number of thioether (sulfide) groups is 1. The van der Waals surface area contributed by atoms with E-state index >= 15 is 0 Å². The van der Waals surface area contributed by atoms with Gasteiger partial charge in [0.2, 0.25) is 5.91 Å². The fourth-order valence-corrected chi connectivity index (χ4v) is 2.51. The minimum absolute atomic E-state index is 0.210. The van der Waals surface area contributed by atoms with E-state index in [1.807, 2.05) is 11.8 Å². The van der Waals surface area contributed by atoms with Crippen LogP contribution in [0.2, 0.25) is 0 Å². The van der Waals surface area contributed by atoms with Crippen molar-refractivity contribution in [1.82, 2.24) is 5.32 Å². The van der Waals surface area contributed by atoms with Gasteiger partial charge in [0.25, 0.3) is 0 Å². The van der Waals surface area contributed by atoms with Crippen LogP contribution in [0.4, 0.5) is 0 Å². The molecular formula is C10H15NOS. The fourth-order valence-electron chi connectivity index (χ4n) is 1.29. The second kappa shape index (κ2) is 5.93. The summed E-state index contributed by atoms with van der Waals surface area (Å²) in [6.45, 7) is 0.726. The highest BCUT2D eigenvalue weighted by Crippen LogP contribution is 2.23. The average Bonchev–Trinajstić information content (AvgIpc) is 2.65. The van der Waals surface area contributed by atoms with Gasteiger partial charge in [-0.15, -0.1) is 12.3 Å². The summed E-state index contributed by atoms with van der Waals surface area (Å²) in [6.07, 6.45) is 7.78. The third kappa shape index (κ3) is 3.73. The zero-order valence-electron chi connectivity index (χ0n) is 7.71. The van der Waals surface area contributed by atoms with Crippen molar-refractivity contribution >= 4 is 17.7 Å². The summed E-state index contributed by atoms with van der Waals surface area (Å²) < 4.78 is 0. The lowest BCUT2D eigenvalue weighted by Crippen LogP contribution is -2.31. The van der Waals surface area contributed by atoms with Crippen molar-refractivity contribution in [2.75, 3.05) is 18.1 Å². The van der Waals surface area contributed by atoms with Crippen LogP contribution < -0.4 is 5.32 Å². The minimum atomic E-state index is 0.210. The minimum Gasteiger partial charge on any atom is -0.356 e. The van der Waals surface area contributed by atoms with E-state index in [1.54, 1.807) is 0 Å². The molecule has 3 heteroatoms. The van der Waals surface area contributed by atoms with Gasteiger partial charge >= 0.3 is 0 Å². The summed E-state index contributed by atoms with van der Waals surface area (Å²) in [6, 6.07) is 0. The molecule has 1 aliphatic heterocycles. The zero-order valence-corrected chi connectivity index (χ0v) is 8.53. The van der Waals surface area contributed by atoms with Crippen LogP contribution in [0.25, 0.3) is 0 Å². The van der Waals surface area contributed by atoms with Crippen LogP contribution in [0.3, 0.4) is 0 Å². The van der Waals surface area contributed by atoms with Crippen molar-refractivity contribution in [3.05, 3.63) is 0 Å². The molecule has 0 bridgehead atoms. The van der Waals surface area contributed by atoms with E-state index in [9.17, 15) is 4.79 Å². The number of hydrogen-bond acceptors (Lipinski definition) is 2. The highest BCUT2D eigenvalue weighted by atomic mass is 32.2. The highest BCUT2D eigenvalue weighted by molar-refractivity contribution is 7.99. The summed E-state index contributed by atoms with van der Waals surface area (Å²) in [4.78, 5) is 11.4. The zero-order chi connectivity index (χ0) is 9.52. The molecule has 0 radical (unpaired) electrons. The Kier molecular flexibility index (Phi) is 4.77. The van der Waals surface area contributed by atoms with E-state index in [0.29, 0.717) is 0 Å². The van der Waals surface area contributed by atoms with Crippen molar-refractivity contribution < 1.29 is 4.79 Å². The molecular weight excluding hydrogens is 182 g/mol. The Morgan fingerprint density at radius 1 is 1.69 bits per heavy atom. The fraction of sp³-hybridized carbons (Fsp3) is 0.700. The monoisotopic (exact) mass is 197 g/mol. The summed E-state index contributed by atoms with van der Waals surface area (Å²) in [7, 11) is 0. The van der Waals surface area contributed by atoms with E-state index in [4.69, 9.17) is 6.42 Å². The maximum Gasteiger partial charge on any atom is 0.223 e. The molecule has 2 nitrogen and oxygen atoms in total. The van der Waals surface area contributed by atoms with E-state index in [1.165, 1.54) is 0 Å². The quantitative estimate of drug-likeness (QED) is 0.543. The van der Waals surface area contributed by atoms with Gasteiger partial charge in [-0.05, 0) is 18.6 Å². The highest BCUT2D eigenvalue weighted by Gasteiger charge is 2.22. The molecule has 0 aromatic heterocycles. The molecule has 0 aromatic rings. The molecule has 0 aromatic carbocycles. The lowest BCUT2D eigenvalue weighted by molar-refractivity contribution is -0.124. The lowest BCUT2D eigenvalue weighted by atomic mass is 10.1. The third-order valence-corrected chi connectivity index (χ3v) is 3.26. The Morgan fingerprint density at radius 3 is 3.15 bits per heavy atom. The normalized spacial score (nSPS) is 21.0. The maximum absolute atomic E-state index is 11.4. The van der Waals surface area contributed by atoms with Gasteiger partial charge in [0.15, 0.2) is 0 Å². The Balaban J connectivity index is 2.07. The molecule has 0 saturated carbocycles. The predicted octanol–water partition coefficient (Wildman–Crippen LogP) is 1.27. The van der Waals surface area contributed by atoms with Crippen LogP contribution in [-0.2, 0) is 4.79 Å². The Morgan fingerprint density at radius 2 is 2.54 bits per heavy atom. The van der Waals surface area contributed by atoms with Crippen LogP contribution in [0.15, 0.2) is 0 Å². The molecule has 1 N–H and O–H groups in total. The van der Waals surface area contributed by atoms with Crippen LogP contribution in [0, 0.1) is 18.3 Å². The Hall–Kier alpha value is -0.620. The number of carbonyl (C=O) groups excluding carboxylic acids is 1. The number of terminal acetylenes is 1. The van der Waals surface area contributed by atoms with Crippen molar-refractivity contribution in [3.8, 4) is 12.3 Å². The summed E-state index contributed by atoms with van der Waals surface area (Å²) >= 11 is 1.86. The van der Waals surface area contributed by atoms with E-state index in [2.05, 4.69) is 11.2 Å². The van der Waals surface area contributed by atoms with Crippen molar-refractivity contribution in [3.63, 3.8) is 0 Å². The molecule has 1 heterocycles. The molecule has 1 unspecified atom stereocenters. The van der Waals surface area contributed by atoms with E-state index in [0.717, 1.165) is 37.3 Å². The number of carbonyl (C=O) groups is 1. The summed E-state index contributed by atoms with van der Waals surface area (Å²) in [5, 5.41) is 2.91. The van der Waals surface area contributed by atoms with E-state index in [-0.39, 0.29) is 11.8 Å². The molecule has 13 heavy (non-hydrogen) atoms. The third-order valence-electron chi connectivity index (χ3n) is 2.10. The van der Waals surface area contributed by atoms with Gasteiger partial charge in [-0.2, -0.15) is 11.8 Å². The molecule has 1 rings (SSSR count). The number of nitrogens with one attached hydrogen (secondary N) is 1. The number of hydrogen-bond donors (Lipinski definition) is 1. The van der Waals surface area contributed by atoms with Gasteiger partial charge in [0, 0.05) is 24.6 Å². The Bertz CT molecular complexity index is 203. The smallest absolute Gasteiger partial charge is 0.223 e. The number of rotatable bonds is 4. The van der Waals surface area contributed by atoms with Crippen LogP contribution in [0.5, 0.6) is 0 Å². The molecule has 1 saturated heterocycles. The van der Waals surface area contributed by atoms with Gasteiger partial charge in [-0.3, -0.25) is 4.79 Å². The summed E-state index contributed by atoms with van der Waals surface area (Å²) in [5.74, 6) is 5.13. The first kappa shape index (κ1) is 10.5. The molecule has 0 spiro atoms. The van der Waals surface area contributed by atoms with Gasteiger partial charge < -0.3 is 5.32 Å². The van der Waals surface area contributed by atoms with Gasteiger partial charge in [-0.25, -0.2) is 0 Å². The summed E-state index contributed by atoms with van der Waals surface area (Å²) in [5.41, 5.74) is 0. The van der Waals surface area contributed by atoms with Crippen LogP contribution >= 0.6 is 11.8 Å². The molecule has 72 valence electrons. The second-order valence-corrected chi connectivity index (χ2v) is 4.31. The number of amides is 1. The van der Waals surface area contributed by atoms with Crippen LogP contribution in [0.1, 0.15) is 19.3 Å². The molecule has 1 atom stereocenters. The first-order chi connectivity index (χ1) is 6.34. The largest absolute Gasteiger partial charge is 0.356 e. The SMILES string of the molecule is C#CCCCNC(=O)C1CCSC1. The van der Waals surface area contributed by atoms with Gasteiger partial charge in [0.05, 0.1) is 0 Å². The second-order valence-electron chi connectivity index (χ2n) is 3.16. The topological polar surface area (TPSA) is 29.1 Å². The van der Waals surface area contributed by atoms with Crippen molar-refractivity contribution in [2.45, 2.75) is 19.3 Å². The van der Waals surface area contributed by atoms with Crippen molar-refractivity contribution in [1.29, 1.82) is 0 Å². The molecule has 1 fully saturated rings. The first-order valence-electron chi connectivity index (χ1n) is 4.63. The molecule has 1 amide bonds. The van der Waals surface area contributed by atoms with Crippen LogP contribution in [-0.4, -0.2) is 24.0 Å². The maximum atomic E-state index is 11.4. The first-order valence-corrected chi connectivity index (χ1v) is 5.79. The van der Waals surface area contributed by atoms with Gasteiger partial charge in [0.1, 0.15) is 0 Å². The molecule has 1 aliphatic rings. The van der Waals surface area contributed by atoms with Gasteiger partial charge in [-0.1, -0.05) is 0 Å². The van der Waals surface area contributed by atoms with Crippen molar-refractivity contribution in [2.24, 2.45) is 5.92 Å². The van der Waals surface area contributed by atoms with E-state index < -0.39 is 0 Å². The molecule has 0 aliphatic carbocycles. The number of unbranched alkanes of at least 4 members (excludes halogenated alkanes) is 1. The lowest BCUT2D eigenvalue weighted by Gasteiger charge is -2.08. The average molecular weight is 197 g/mol. The standard InChI is InChI=1S/C10H15NOS/c1-2-3-4-6-11-10(12)9-5-7-13-8-9/h1,9H,3-8H2,(H,11,12). The predicted molar refractivity (Wildman–Crippen MR) is 56.5 cm³/mol.